The largest absolute Gasteiger partial charge is 0.316 e. The fourth-order valence-corrected chi connectivity index (χ4v) is 2.97. The molecule has 1 fully saturated rings. The van der Waals surface area contributed by atoms with Gasteiger partial charge >= 0.3 is 0 Å². The molecule has 1 saturated heterocycles. The van der Waals surface area contributed by atoms with Gasteiger partial charge in [-0.1, -0.05) is 5.21 Å². The first-order chi connectivity index (χ1) is 11.9. The van der Waals surface area contributed by atoms with Crippen LogP contribution in [0.2, 0.25) is 0 Å². The number of pyridine rings is 1. The molecule has 1 atom stereocenters. The van der Waals surface area contributed by atoms with Gasteiger partial charge in [0.25, 0.3) is 0 Å². The van der Waals surface area contributed by atoms with Crippen molar-refractivity contribution < 1.29 is 0 Å². The number of piperidine rings is 1. The summed E-state index contributed by atoms with van der Waals surface area (Å²) in [6.07, 6.45) is 8.67. The van der Waals surface area contributed by atoms with Gasteiger partial charge in [-0.15, -0.1) is 5.10 Å². The predicted molar refractivity (Wildman–Crippen MR) is 88.2 cm³/mol. The highest BCUT2D eigenvalue weighted by Crippen LogP contribution is 2.20. The first-order valence-electron chi connectivity index (χ1n) is 8.31. The first-order valence-corrected chi connectivity index (χ1v) is 8.31. The van der Waals surface area contributed by atoms with Crippen LogP contribution in [0.1, 0.15) is 30.3 Å². The summed E-state index contributed by atoms with van der Waals surface area (Å²) in [6.45, 7) is 2.83. The molecular weight excluding hydrogens is 304 g/mol. The van der Waals surface area contributed by atoms with E-state index < -0.39 is 0 Å². The van der Waals surface area contributed by atoms with Crippen molar-refractivity contribution in [1.29, 1.82) is 0 Å². The number of aromatic amines is 1. The maximum atomic E-state index is 4.51. The van der Waals surface area contributed by atoms with Gasteiger partial charge in [-0.05, 0) is 31.5 Å². The topological polar surface area (TPSA) is 97.2 Å². The van der Waals surface area contributed by atoms with E-state index in [-0.39, 0.29) is 0 Å². The number of rotatable bonds is 5. The third-order valence-corrected chi connectivity index (χ3v) is 4.30. The highest BCUT2D eigenvalue weighted by Gasteiger charge is 2.18. The molecule has 4 rings (SSSR count). The van der Waals surface area contributed by atoms with Crippen molar-refractivity contribution in [3.8, 4) is 11.4 Å². The summed E-state index contributed by atoms with van der Waals surface area (Å²) in [5, 5.41) is 19.2. The summed E-state index contributed by atoms with van der Waals surface area (Å²) >= 11 is 0. The second kappa shape index (κ2) is 6.88. The average Bonchev–Trinajstić information content (AvgIpc) is 3.31. The standard InChI is InChI=1S/C16H20N8/c1-3-12(9-17-6-1)14-11-24(23-20-14)8-5-15-19-16(22-21-15)13-4-2-7-18-10-13/h2,4,7,10-12,17H,1,3,5-6,8-9H2,(H,19,21,22)/t12-/m0/s1. The van der Waals surface area contributed by atoms with Gasteiger partial charge in [0.1, 0.15) is 5.82 Å². The van der Waals surface area contributed by atoms with Crippen LogP contribution in [-0.4, -0.2) is 48.2 Å². The van der Waals surface area contributed by atoms with Crippen molar-refractivity contribution in [2.24, 2.45) is 0 Å². The molecule has 4 heterocycles. The van der Waals surface area contributed by atoms with Crippen molar-refractivity contribution in [2.45, 2.75) is 31.7 Å². The van der Waals surface area contributed by atoms with Crippen LogP contribution in [-0.2, 0) is 13.0 Å². The molecule has 8 heteroatoms. The molecule has 124 valence electrons. The Morgan fingerprint density at radius 2 is 2.33 bits per heavy atom. The van der Waals surface area contributed by atoms with Gasteiger partial charge in [0.2, 0.25) is 0 Å². The van der Waals surface area contributed by atoms with Crippen molar-refractivity contribution in [1.82, 2.24) is 40.5 Å². The highest BCUT2D eigenvalue weighted by molar-refractivity contribution is 5.52. The monoisotopic (exact) mass is 324 g/mol. The molecule has 1 aliphatic heterocycles. The minimum Gasteiger partial charge on any atom is -0.316 e. The normalized spacial score (nSPS) is 17.9. The maximum absolute atomic E-state index is 4.51. The highest BCUT2D eigenvalue weighted by atomic mass is 15.4. The molecule has 0 aliphatic carbocycles. The van der Waals surface area contributed by atoms with Crippen molar-refractivity contribution in [3.05, 3.63) is 42.2 Å². The lowest BCUT2D eigenvalue weighted by Crippen LogP contribution is -2.28. The third-order valence-electron chi connectivity index (χ3n) is 4.30. The summed E-state index contributed by atoms with van der Waals surface area (Å²) in [5.41, 5.74) is 1.99. The van der Waals surface area contributed by atoms with E-state index in [0.29, 0.717) is 11.7 Å². The number of hydrogen-bond donors (Lipinski definition) is 2. The molecular formula is C16H20N8. The van der Waals surface area contributed by atoms with E-state index in [1.165, 1.54) is 12.8 Å². The molecule has 0 aromatic carbocycles. The minimum atomic E-state index is 0.481. The van der Waals surface area contributed by atoms with E-state index in [4.69, 9.17) is 0 Å². The molecule has 0 amide bonds. The van der Waals surface area contributed by atoms with Gasteiger partial charge in [0.15, 0.2) is 5.82 Å². The van der Waals surface area contributed by atoms with Crippen LogP contribution >= 0.6 is 0 Å². The number of H-pyrrole nitrogens is 1. The number of aromatic nitrogens is 7. The Kier molecular flexibility index (Phi) is 4.28. The number of hydrogen-bond acceptors (Lipinski definition) is 6. The van der Waals surface area contributed by atoms with Gasteiger partial charge in [0, 0.05) is 49.6 Å². The third kappa shape index (κ3) is 3.33. The lowest BCUT2D eigenvalue weighted by atomic mass is 9.97. The van der Waals surface area contributed by atoms with E-state index in [9.17, 15) is 0 Å². The predicted octanol–water partition coefficient (Wildman–Crippen LogP) is 1.17. The molecule has 0 spiro atoms. The van der Waals surface area contributed by atoms with Crippen molar-refractivity contribution >= 4 is 0 Å². The quantitative estimate of drug-likeness (QED) is 0.731. The first kappa shape index (κ1) is 14.9. The summed E-state index contributed by atoms with van der Waals surface area (Å²) in [5.74, 6) is 1.99. The lowest BCUT2D eigenvalue weighted by molar-refractivity contribution is 0.454. The van der Waals surface area contributed by atoms with Gasteiger partial charge in [0.05, 0.1) is 5.69 Å². The Labute approximate surface area is 139 Å². The Hall–Kier alpha value is -2.61. The van der Waals surface area contributed by atoms with Gasteiger partial charge in [-0.3, -0.25) is 14.8 Å². The maximum Gasteiger partial charge on any atom is 0.182 e. The molecule has 2 N–H and O–H groups in total. The Morgan fingerprint density at radius 3 is 3.17 bits per heavy atom. The van der Waals surface area contributed by atoms with E-state index in [1.54, 1.807) is 12.4 Å². The van der Waals surface area contributed by atoms with Crippen LogP contribution < -0.4 is 5.32 Å². The van der Waals surface area contributed by atoms with Crippen molar-refractivity contribution in [2.75, 3.05) is 13.1 Å². The zero-order valence-corrected chi connectivity index (χ0v) is 13.4. The molecule has 24 heavy (non-hydrogen) atoms. The molecule has 0 saturated carbocycles. The Bertz CT molecular complexity index is 772. The zero-order chi connectivity index (χ0) is 16.2. The van der Waals surface area contributed by atoms with E-state index in [1.807, 2.05) is 16.8 Å². The Balaban J connectivity index is 1.37. The van der Waals surface area contributed by atoms with Crippen molar-refractivity contribution in [3.63, 3.8) is 0 Å². The average molecular weight is 324 g/mol. The van der Waals surface area contributed by atoms with Crippen LogP contribution in [0.25, 0.3) is 11.4 Å². The number of nitrogens with one attached hydrogen (secondary N) is 2. The summed E-state index contributed by atoms with van der Waals surface area (Å²) in [6, 6.07) is 3.82. The van der Waals surface area contributed by atoms with Crippen LogP contribution in [0.3, 0.4) is 0 Å². The lowest BCUT2D eigenvalue weighted by Gasteiger charge is -2.20. The fraction of sp³-hybridized carbons (Fsp3) is 0.438. The van der Waals surface area contributed by atoms with Gasteiger partial charge < -0.3 is 5.32 Å². The molecule has 3 aromatic heterocycles. The van der Waals surface area contributed by atoms with Gasteiger partial charge in [-0.25, -0.2) is 4.98 Å². The minimum absolute atomic E-state index is 0.481. The van der Waals surface area contributed by atoms with Crippen LogP contribution in [0.15, 0.2) is 30.7 Å². The smallest absolute Gasteiger partial charge is 0.182 e. The molecule has 3 aromatic rings. The van der Waals surface area contributed by atoms with E-state index >= 15 is 0 Å². The number of aryl methyl sites for hydroxylation is 2. The second-order valence-corrected chi connectivity index (χ2v) is 6.05. The summed E-state index contributed by atoms with van der Waals surface area (Å²) < 4.78 is 1.89. The molecule has 0 unspecified atom stereocenters. The summed E-state index contributed by atoms with van der Waals surface area (Å²) in [4.78, 5) is 8.60. The van der Waals surface area contributed by atoms with E-state index in [2.05, 4.69) is 42.0 Å². The van der Waals surface area contributed by atoms with Crippen LogP contribution in [0.4, 0.5) is 0 Å². The fourth-order valence-electron chi connectivity index (χ4n) is 2.97. The van der Waals surface area contributed by atoms with Gasteiger partial charge in [-0.2, -0.15) is 5.10 Å². The molecule has 1 aliphatic rings. The van der Waals surface area contributed by atoms with E-state index in [0.717, 1.165) is 43.1 Å². The second-order valence-electron chi connectivity index (χ2n) is 6.05. The summed E-state index contributed by atoms with van der Waals surface area (Å²) in [7, 11) is 0. The van der Waals surface area contributed by atoms with Crippen LogP contribution in [0, 0.1) is 0 Å². The zero-order valence-electron chi connectivity index (χ0n) is 13.4. The molecule has 8 nitrogen and oxygen atoms in total. The van der Waals surface area contributed by atoms with Crippen LogP contribution in [0.5, 0.6) is 0 Å². The molecule has 0 bridgehead atoms. The SMILES string of the molecule is c1cncc(-c2n[nH]c(CCn3cc([C@H]4CCCNC4)nn3)n2)c1. The number of nitrogens with zero attached hydrogens (tertiary/aromatic N) is 6. The Morgan fingerprint density at radius 1 is 1.33 bits per heavy atom. The molecule has 0 radical (unpaired) electrons.